The number of carbonyl (C=O) groups is 2. The summed E-state index contributed by atoms with van der Waals surface area (Å²) in [7, 11) is 1.42. The Kier molecular flexibility index (Phi) is 4.90. The van der Waals surface area contributed by atoms with Crippen molar-refractivity contribution < 1.29 is 19.1 Å². The first kappa shape index (κ1) is 17.2. The zero-order chi connectivity index (χ0) is 17.2. The van der Waals surface area contributed by atoms with Crippen molar-refractivity contribution in [3.63, 3.8) is 0 Å². The molecule has 23 heavy (non-hydrogen) atoms. The second kappa shape index (κ2) is 6.54. The van der Waals surface area contributed by atoms with Crippen LogP contribution in [-0.2, 0) is 15.9 Å². The third kappa shape index (κ3) is 3.99. The summed E-state index contributed by atoms with van der Waals surface area (Å²) in [5.41, 5.74) is 1.88. The standard InChI is InChI=1S/C18H23NO4/c1-6-15-14-8-7-13(11-12(14)9-10-22-15)16(20)19(5)17(21)23-18(2,3)4/h6-8,11,15H,1,9-10H2,2-5H3. The van der Waals surface area contributed by atoms with Crippen LogP contribution in [0.1, 0.15) is 48.4 Å². The molecule has 0 aliphatic carbocycles. The van der Waals surface area contributed by atoms with E-state index in [1.54, 1.807) is 32.9 Å². The fourth-order valence-corrected chi connectivity index (χ4v) is 2.42. The van der Waals surface area contributed by atoms with Crippen LogP contribution in [0, 0.1) is 0 Å². The van der Waals surface area contributed by atoms with E-state index in [-0.39, 0.29) is 12.0 Å². The summed E-state index contributed by atoms with van der Waals surface area (Å²) in [4.78, 5) is 25.5. The van der Waals surface area contributed by atoms with Crippen molar-refractivity contribution in [2.45, 2.75) is 38.9 Å². The lowest BCUT2D eigenvalue weighted by molar-refractivity contribution is 0.0284. The minimum Gasteiger partial charge on any atom is -0.443 e. The largest absolute Gasteiger partial charge is 0.443 e. The van der Waals surface area contributed by atoms with Crippen molar-refractivity contribution in [3.8, 4) is 0 Å². The van der Waals surface area contributed by atoms with Gasteiger partial charge in [0.05, 0.1) is 6.61 Å². The van der Waals surface area contributed by atoms with Crippen molar-refractivity contribution in [2.75, 3.05) is 13.7 Å². The van der Waals surface area contributed by atoms with Crippen molar-refractivity contribution in [3.05, 3.63) is 47.5 Å². The SMILES string of the molecule is C=CC1OCCc2cc(C(=O)N(C)C(=O)OC(C)(C)C)ccc21. The number of fused-ring (bicyclic) bond motifs is 1. The van der Waals surface area contributed by atoms with Gasteiger partial charge in [-0.2, -0.15) is 0 Å². The van der Waals surface area contributed by atoms with E-state index in [4.69, 9.17) is 9.47 Å². The molecule has 0 fully saturated rings. The molecule has 1 unspecified atom stereocenters. The van der Waals surface area contributed by atoms with Gasteiger partial charge in [0.2, 0.25) is 0 Å². The normalized spacial score (nSPS) is 17.1. The Morgan fingerprint density at radius 3 is 2.70 bits per heavy atom. The van der Waals surface area contributed by atoms with Gasteiger partial charge in [0.15, 0.2) is 0 Å². The number of hydrogen-bond donors (Lipinski definition) is 0. The molecule has 1 aliphatic heterocycles. The summed E-state index contributed by atoms with van der Waals surface area (Å²) >= 11 is 0. The quantitative estimate of drug-likeness (QED) is 0.784. The molecule has 5 nitrogen and oxygen atoms in total. The third-order valence-electron chi connectivity index (χ3n) is 3.55. The molecule has 0 aromatic heterocycles. The minimum atomic E-state index is -0.660. The molecular formula is C18H23NO4. The summed E-state index contributed by atoms with van der Waals surface area (Å²) in [6.45, 7) is 9.64. The first-order chi connectivity index (χ1) is 10.7. The van der Waals surface area contributed by atoms with Crippen LogP contribution in [-0.4, -0.2) is 36.2 Å². The molecule has 0 N–H and O–H groups in total. The molecule has 1 aliphatic rings. The first-order valence-corrected chi connectivity index (χ1v) is 7.61. The van der Waals surface area contributed by atoms with Gasteiger partial charge in [-0.25, -0.2) is 9.69 Å². The molecule has 2 rings (SSSR count). The molecule has 124 valence electrons. The fraction of sp³-hybridized carbons (Fsp3) is 0.444. The molecule has 1 heterocycles. The van der Waals surface area contributed by atoms with Gasteiger partial charge in [-0.15, -0.1) is 6.58 Å². The van der Waals surface area contributed by atoms with Crippen LogP contribution in [0.3, 0.4) is 0 Å². The molecule has 1 aromatic carbocycles. The van der Waals surface area contributed by atoms with Crippen LogP contribution >= 0.6 is 0 Å². The van der Waals surface area contributed by atoms with Crippen molar-refractivity contribution >= 4 is 12.0 Å². The van der Waals surface area contributed by atoms with Gasteiger partial charge in [-0.05, 0) is 50.5 Å². The number of hydrogen-bond acceptors (Lipinski definition) is 4. The molecule has 0 radical (unpaired) electrons. The van der Waals surface area contributed by atoms with E-state index in [2.05, 4.69) is 6.58 Å². The zero-order valence-corrected chi connectivity index (χ0v) is 14.1. The number of imide groups is 1. The molecule has 0 saturated heterocycles. The summed E-state index contributed by atoms with van der Waals surface area (Å²) in [6.07, 6.45) is 1.67. The number of benzene rings is 1. The first-order valence-electron chi connectivity index (χ1n) is 7.61. The lowest BCUT2D eigenvalue weighted by Crippen LogP contribution is -2.38. The third-order valence-corrected chi connectivity index (χ3v) is 3.55. The highest BCUT2D eigenvalue weighted by atomic mass is 16.6. The second-order valence-corrected chi connectivity index (χ2v) is 6.54. The minimum absolute atomic E-state index is 0.147. The maximum absolute atomic E-state index is 12.5. The molecule has 0 bridgehead atoms. The van der Waals surface area contributed by atoms with Gasteiger partial charge in [0.1, 0.15) is 11.7 Å². The topological polar surface area (TPSA) is 55.8 Å². The number of carbonyl (C=O) groups excluding carboxylic acids is 2. The number of rotatable bonds is 2. The average Bonchev–Trinajstić information content (AvgIpc) is 2.50. The van der Waals surface area contributed by atoms with Crippen molar-refractivity contribution in [1.29, 1.82) is 0 Å². The van der Waals surface area contributed by atoms with Crippen LogP contribution in [0.25, 0.3) is 0 Å². The molecule has 0 saturated carbocycles. The molecule has 2 amide bonds. The van der Waals surface area contributed by atoms with E-state index in [0.29, 0.717) is 12.2 Å². The Bertz CT molecular complexity index is 630. The van der Waals surface area contributed by atoms with Gasteiger partial charge in [0, 0.05) is 12.6 Å². The van der Waals surface area contributed by atoms with Crippen LogP contribution in [0.4, 0.5) is 4.79 Å². The van der Waals surface area contributed by atoms with E-state index < -0.39 is 11.7 Å². The predicted molar refractivity (Wildman–Crippen MR) is 87.4 cm³/mol. The Labute approximate surface area is 136 Å². The van der Waals surface area contributed by atoms with E-state index in [9.17, 15) is 9.59 Å². The molecule has 1 aromatic rings. The maximum Gasteiger partial charge on any atom is 0.417 e. The van der Waals surface area contributed by atoms with E-state index >= 15 is 0 Å². The predicted octanol–water partition coefficient (Wildman–Crippen LogP) is 3.49. The number of ether oxygens (including phenoxy) is 2. The van der Waals surface area contributed by atoms with E-state index in [1.807, 2.05) is 12.1 Å². The maximum atomic E-state index is 12.5. The molecular weight excluding hydrogens is 294 g/mol. The highest BCUT2D eigenvalue weighted by Crippen LogP contribution is 2.28. The molecule has 1 atom stereocenters. The molecule has 0 spiro atoms. The zero-order valence-electron chi connectivity index (χ0n) is 14.1. The average molecular weight is 317 g/mol. The lowest BCUT2D eigenvalue weighted by Gasteiger charge is -2.25. The number of amides is 2. The Hall–Kier alpha value is -2.14. The van der Waals surface area contributed by atoms with Gasteiger partial charge in [-0.3, -0.25) is 4.79 Å². The van der Waals surface area contributed by atoms with Crippen LogP contribution in [0.5, 0.6) is 0 Å². The summed E-state index contributed by atoms with van der Waals surface area (Å²) < 4.78 is 10.8. The van der Waals surface area contributed by atoms with Gasteiger partial charge < -0.3 is 9.47 Å². The summed E-state index contributed by atoms with van der Waals surface area (Å²) in [6, 6.07) is 5.38. The monoisotopic (exact) mass is 317 g/mol. The Balaban J connectivity index is 2.20. The van der Waals surface area contributed by atoms with Gasteiger partial charge in [0.25, 0.3) is 5.91 Å². The van der Waals surface area contributed by atoms with Crippen LogP contribution in [0.15, 0.2) is 30.9 Å². The lowest BCUT2D eigenvalue weighted by atomic mass is 9.95. The smallest absolute Gasteiger partial charge is 0.417 e. The van der Waals surface area contributed by atoms with Gasteiger partial charge >= 0.3 is 6.09 Å². The van der Waals surface area contributed by atoms with E-state index in [0.717, 1.165) is 22.4 Å². The summed E-state index contributed by atoms with van der Waals surface area (Å²) in [5, 5.41) is 0. The number of nitrogens with zero attached hydrogens (tertiary/aromatic N) is 1. The van der Waals surface area contributed by atoms with Crippen molar-refractivity contribution in [2.24, 2.45) is 0 Å². The Morgan fingerprint density at radius 1 is 1.39 bits per heavy atom. The summed E-state index contributed by atoms with van der Waals surface area (Å²) in [5.74, 6) is -0.385. The van der Waals surface area contributed by atoms with Crippen LogP contribution < -0.4 is 0 Å². The highest BCUT2D eigenvalue weighted by molar-refractivity contribution is 6.02. The van der Waals surface area contributed by atoms with Crippen LogP contribution in [0.2, 0.25) is 0 Å². The second-order valence-electron chi connectivity index (χ2n) is 6.54. The fourth-order valence-electron chi connectivity index (χ4n) is 2.42. The Morgan fingerprint density at radius 2 is 2.09 bits per heavy atom. The highest BCUT2D eigenvalue weighted by Gasteiger charge is 2.26. The van der Waals surface area contributed by atoms with Gasteiger partial charge in [-0.1, -0.05) is 12.1 Å². The molecule has 5 heteroatoms. The van der Waals surface area contributed by atoms with Crippen molar-refractivity contribution in [1.82, 2.24) is 4.90 Å². The van der Waals surface area contributed by atoms with E-state index in [1.165, 1.54) is 7.05 Å².